The highest BCUT2D eigenvalue weighted by Gasteiger charge is 2.31. The van der Waals surface area contributed by atoms with Gasteiger partial charge < -0.3 is 4.57 Å². The average molecular weight is 489 g/mol. The Morgan fingerprint density at radius 1 is 1.19 bits per heavy atom. The third-order valence-corrected chi connectivity index (χ3v) is 6.07. The van der Waals surface area contributed by atoms with Gasteiger partial charge in [-0.15, -0.1) is 0 Å². The number of halogens is 4. The second kappa shape index (κ2) is 9.08. The van der Waals surface area contributed by atoms with Gasteiger partial charge in [-0.25, -0.2) is 9.71 Å². The number of hydrogen-bond acceptors (Lipinski definition) is 4. The Balaban J connectivity index is 1.92. The van der Waals surface area contributed by atoms with Gasteiger partial charge in [0.1, 0.15) is 5.82 Å². The molecule has 3 aromatic rings. The second-order valence-electron chi connectivity index (χ2n) is 7.08. The summed E-state index contributed by atoms with van der Waals surface area (Å²) in [4.78, 5) is 16.8. The Hall–Kier alpha value is -2.63. The van der Waals surface area contributed by atoms with Crippen LogP contribution in [0.1, 0.15) is 40.7 Å². The Morgan fingerprint density at radius 2 is 1.91 bits per heavy atom. The quantitative estimate of drug-likeness (QED) is 0.525. The highest BCUT2D eigenvalue weighted by atomic mass is 35.5. The molecule has 3 rings (SSSR count). The van der Waals surface area contributed by atoms with E-state index >= 15 is 0 Å². The fourth-order valence-corrected chi connectivity index (χ4v) is 4.21. The summed E-state index contributed by atoms with van der Waals surface area (Å²) >= 11 is 6.08. The smallest absolute Gasteiger partial charge is 0.324 e. The molecule has 2 N–H and O–H groups in total. The molecule has 0 fully saturated rings. The predicted molar refractivity (Wildman–Crippen MR) is 115 cm³/mol. The molecule has 0 saturated heterocycles. The normalized spacial score (nSPS) is 12.3. The molecule has 0 unspecified atom stereocenters. The van der Waals surface area contributed by atoms with Crippen LogP contribution in [0.4, 0.5) is 13.2 Å². The number of benzene rings is 2. The molecule has 32 heavy (non-hydrogen) atoms. The molecule has 0 saturated carbocycles. The minimum Gasteiger partial charge on any atom is -0.324 e. The average Bonchev–Trinajstić information content (AvgIpc) is 3.01. The van der Waals surface area contributed by atoms with Gasteiger partial charge in [-0.3, -0.25) is 4.79 Å². The Bertz CT molecular complexity index is 1270. The maximum absolute atomic E-state index is 12.9. The first-order valence-electron chi connectivity index (χ1n) is 9.55. The van der Waals surface area contributed by atoms with E-state index in [0.717, 1.165) is 12.1 Å². The number of aryl methyl sites for hydroxylation is 1. The zero-order valence-electron chi connectivity index (χ0n) is 17.1. The summed E-state index contributed by atoms with van der Waals surface area (Å²) in [5.41, 5.74) is 0.705. The summed E-state index contributed by atoms with van der Waals surface area (Å²) in [6.45, 7) is 3.78. The third-order valence-electron chi connectivity index (χ3n) is 4.68. The van der Waals surface area contributed by atoms with Gasteiger partial charge in [0.05, 0.1) is 23.1 Å². The second-order valence-corrected chi connectivity index (χ2v) is 8.99. The van der Waals surface area contributed by atoms with Crippen LogP contribution in [0.2, 0.25) is 5.02 Å². The highest BCUT2D eigenvalue weighted by molar-refractivity contribution is 7.88. The zero-order chi connectivity index (χ0) is 23.7. The van der Waals surface area contributed by atoms with Crippen molar-refractivity contribution in [1.29, 1.82) is 0 Å². The molecular formula is C20H20ClF3N4O3S. The molecule has 1 heterocycles. The number of rotatable bonds is 7. The Labute approximate surface area is 187 Å². The molecule has 7 nitrogen and oxygen atoms in total. The lowest BCUT2D eigenvalue weighted by atomic mass is 10.1. The fraction of sp³-hybridized carbons (Fsp3) is 0.300. The number of carbonyl (C=O) groups is 1. The van der Waals surface area contributed by atoms with Gasteiger partial charge in [0.15, 0.2) is 0 Å². The van der Waals surface area contributed by atoms with Crippen molar-refractivity contribution in [2.45, 2.75) is 33.0 Å². The van der Waals surface area contributed by atoms with Gasteiger partial charge in [0, 0.05) is 17.1 Å². The monoisotopic (exact) mass is 488 g/mol. The van der Waals surface area contributed by atoms with Gasteiger partial charge in [0.25, 0.3) is 5.91 Å². The molecule has 0 aliphatic carbocycles. The van der Waals surface area contributed by atoms with Crippen molar-refractivity contribution in [3.63, 3.8) is 0 Å². The molecular weight excluding hydrogens is 469 g/mol. The summed E-state index contributed by atoms with van der Waals surface area (Å²) in [5, 5.41) is -0.0527. The largest absolute Gasteiger partial charge is 0.416 e. The van der Waals surface area contributed by atoms with Gasteiger partial charge >= 0.3 is 16.4 Å². The van der Waals surface area contributed by atoms with Crippen molar-refractivity contribution in [2.24, 2.45) is 0 Å². The molecule has 0 bridgehead atoms. The number of amides is 1. The number of hydrogen-bond donors (Lipinski definition) is 2. The van der Waals surface area contributed by atoms with Crippen molar-refractivity contribution >= 4 is 38.8 Å². The van der Waals surface area contributed by atoms with Gasteiger partial charge in [-0.1, -0.05) is 24.6 Å². The molecule has 1 amide bonds. The predicted octanol–water partition coefficient (Wildman–Crippen LogP) is 4.04. The highest BCUT2D eigenvalue weighted by Crippen LogP contribution is 2.32. The zero-order valence-corrected chi connectivity index (χ0v) is 18.7. The molecule has 0 atom stereocenters. The lowest BCUT2D eigenvalue weighted by molar-refractivity contribution is -0.137. The molecule has 0 spiro atoms. The first kappa shape index (κ1) is 24.0. The van der Waals surface area contributed by atoms with Crippen LogP contribution in [0.5, 0.6) is 0 Å². The van der Waals surface area contributed by atoms with Crippen LogP contribution in [-0.4, -0.2) is 30.4 Å². The minimum absolute atomic E-state index is 0.0527. The third kappa shape index (κ3) is 5.40. The number of fused-ring (bicyclic) bond motifs is 1. The Morgan fingerprint density at radius 3 is 2.53 bits per heavy atom. The molecule has 0 radical (unpaired) electrons. The summed E-state index contributed by atoms with van der Waals surface area (Å²) in [5.74, 6) is -0.278. The summed E-state index contributed by atoms with van der Waals surface area (Å²) in [7, 11) is -4.00. The number of alkyl halides is 3. The van der Waals surface area contributed by atoms with E-state index in [2.05, 4.69) is 9.71 Å². The van der Waals surface area contributed by atoms with Crippen LogP contribution in [0.25, 0.3) is 11.0 Å². The van der Waals surface area contributed by atoms with Crippen molar-refractivity contribution in [1.82, 2.24) is 19.0 Å². The van der Waals surface area contributed by atoms with Crippen molar-refractivity contribution in [3.8, 4) is 0 Å². The SMILES string of the molecule is CCCNS(=O)(=O)NC(=O)c1ccc2nc(C)n(Cc3ccc(C(F)(F)F)cc3Cl)c2c1. The molecule has 1 aromatic heterocycles. The van der Waals surface area contributed by atoms with Gasteiger partial charge in [-0.2, -0.15) is 26.3 Å². The maximum Gasteiger partial charge on any atom is 0.416 e. The van der Waals surface area contributed by atoms with E-state index in [1.807, 2.05) is 4.72 Å². The van der Waals surface area contributed by atoms with Crippen LogP contribution in [0, 0.1) is 6.92 Å². The number of nitrogens with one attached hydrogen (secondary N) is 2. The summed E-state index contributed by atoms with van der Waals surface area (Å²) in [6, 6.07) is 7.57. The van der Waals surface area contributed by atoms with E-state index in [9.17, 15) is 26.4 Å². The lowest BCUT2D eigenvalue weighted by Crippen LogP contribution is -2.40. The van der Waals surface area contributed by atoms with Crippen molar-refractivity contribution < 1.29 is 26.4 Å². The maximum atomic E-state index is 12.9. The van der Waals surface area contributed by atoms with E-state index in [0.29, 0.717) is 28.8 Å². The Kier molecular flexibility index (Phi) is 6.82. The molecule has 12 heteroatoms. The minimum atomic E-state index is -4.51. The van der Waals surface area contributed by atoms with E-state index < -0.39 is 27.9 Å². The van der Waals surface area contributed by atoms with Crippen LogP contribution in [0.3, 0.4) is 0 Å². The van der Waals surface area contributed by atoms with E-state index in [1.54, 1.807) is 24.5 Å². The lowest BCUT2D eigenvalue weighted by Gasteiger charge is -2.12. The standard InChI is InChI=1S/C20H20ClF3N4O3S/c1-3-8-25-32(30,31)27-19(29)13-5-7-17-18(9-13)28(12(2)26-17)11-14-4-6-15(10-16(14)21)20(22,23)24/h4-7,9-10,25H,3,8,11H2,1-2H3,(H,27,29). The van der Waals surface area contributed by atoms with Gasteiger partial charge in [0.2, 0.25) is 0 Å². The van der Waals surface area contributed by atoms with Crippen LogP contribution < -0.4 is 9.44 Å². The fourth-order valence-electron chi connectivity index (χ4n) is 3.06. The van der Waals surface area contributed by atoms with Crippen LogP contribution in [-0.2, 0) is 22.9 Å². The number of imidazole rings is 1. The van der Waals surface area contributed by atoms with E-state index in [4.69, 9.17) is 11.6 Å². The van der Waals surface area contributed by atoms with Crippen LogP contribution >= 0.6 is 11.6 Å². The van der Waals surface area contributed by atoms with E-state index in [1.165, 1.54) is 18.2 Å². The van der Waals surface area contributed by atoms with Crippen molar-refractivity contribution in [3.05, 3.63) is 63.9 Å². The van der Waals surface area contributed by atoms with Gasteiger partial charge in [-0.05, 0) is 49.2 Å². The first-order valence-corrected chi connectivity index (χ1v) is 11.4. The number of aromatic nitrogens is 2. The topological polar surface area (TPSA) is 93.1 Å². The first-order chi connectivity index (χ1) is 14.9. The summed E-state index contributed by atoms with van der Waals surface area (Å²) < 4.78 is 68.4. The molecule has 2 aromatic carbocycles. The number of nitrogens with zero attached hydrogens (tertiary/aromatic N) is 2. The van der Waals surface area contributed by atoms with E-state index in [-0.39, 0.29) is 23.7 Å². The summed E-state index contributed by atoms with van der Waals surface area (Å²) in [6.07, 6.45) is -3.94. The number of carbonyl (C=O) groups excluding carboxylic acids is 1. The van der Waals surface area contributed by atoms with Crippen LogP contribution in [0.15, 0.2) is 36.4 Å². The van der Waals surface area contributed by atoms with Crippen molar-refractivity contribution in [2.75, 3.05) is 6.54 Å². The molecule has 0 aliphatic heterocycles. The molecule has 0 aliphatic rings. The molecule has 172 valence electrons.